The third-order valence-corrected chi connectivity index (χ3v) is 3.69. The molecule has 1 N–H and O–H groups in total. The van der Waals surface area contributed by atoms with E-state index in [4.69, 9.17) is 4.74 Å². The molecule has 1 aliphatic rings. The van der Waals surface area contributed by atoms with Gasteiger partial charge in [0.1, 0.15) is 18.4 Å². The van der Waals surface area contributed by atoms with Crippen molar-refractivity contribution in [3.63, 3.8) is 0 Å². The molecule has 0 amide bonds. The number of carboxylic acids is 1. The first-order valence-electron chi connectivity index (χ1n) is 6.74. The van der Waals surface area contributed by atoms with E-state index in [9.17, 15) is 9.90 Å². The molecular formula is C15H21NO3. The SMILES string of the molecule is Cc1cccc(OCCN2CCC(C)C2C(=O)O)c1. The van der Waals surface area contributed by atoms with Crippen LogP contribution < -0.4 is 4.74 Å². The average Bonchev–Trinajstić information content (AvgIpc) is 2.71. The number of aliphatic carboxylic acids is 1. The van der Waals surface area contributed by atoms with E-state index in [1.165, 1.54) is 0 Å². The zero-order valence-corrected chi connectivity index (χ0v) is 11.5. The summed E-state index contributed by atoms with van der Waals surface area (Å²) in [5.74, 6) is 0.344. The molecule has 1 aliphatic heterocycles. The van der Waals surface area contributed by atoms with Crippen molar-refractivity contribution in [1.29, 1.82) is 0 Å². The van der Waals surface area contributed by atoms with Gasteiger partial charge in [-0.15, -0.1) is 0 Å². The maximum atomic E-state index is 11.2. The van der Waals surface area contributed by atoms with Crippen LogP contribution in [-0.2, 0) is 4.79 Å². The van der Waals surface area contributed by atoms with E-state index in [1.54, 1.807) is 0 Å². The fourth-order valence-electron chi connectivity index (χ4n) is 2.66. The van der Waals surface area contributed by atoms with Crippen LogP contribution in [0.5, 0.6) is 5.75 Å². The van der Waals surface area contributed by atoms with Crippen LogP contribution in [0.15, 0.2) is 24.3 Å². The van der Waals surface area contributed by atoms with E-state index in [0.29, 0.717) is 13.2 Å². The molecule has 2 rings (SSSR count). The number of ether oxygens (including phenoxy) is 1. The lowest BCUT2D eigenvalue weighted by Crippen LogP contribution is -2.41. The van der Waals surface area contributed by atoms with Gasteiger partial charge in [-0.05, 0) is 43.5 Å². The second kappa shape index (κ2) is 6.06. The fraction of sp³-hybridized carbons (Fsp3) is 0.533. The Hall–Kier alpha value is -1.55. The summed E-state index contributed by atoms with van der Waals surface area (Å²) in [6, 6.07) is 7.54. The van der Waals surface area contributed by atoms with Crippen LogP contribution >= 0.6 is 0 Å². The van der Waals surface area contributed by atoms with E-state index >= 15 is 0 Å². The number of benzene rings is 1. The summed E-state index contributed by atoms with van der Waals surface area (Å²) in [7, 11) is 0. The maximum Gasteiger partial charge on any atom is 0.321 e. The molecule has 0 spiro atoms. The van der Waals surface area contributed by atoms with Gasteiger partial charge >= 0.3 is 5.97 Å². The van der Waals surface area contributed by atoms with Crippen molar-refractivity contribution in [2.24, 2.45) is 5.92 Å². The topological polar surface area (TPSA) is 49.8 Å². The monoisotopic (exact) mass is 263 g/mol. The number of hydrogen-bond donors (Lipinski definition) is 1. The molecule has 4 nitrogen and oxygen atoms in total. The van der Waals surface area contributed by atoms with Crippen LogP contribution in [-0.4, -0.2) is 41.7 Å². The molecule has 0 aromatic heterocycles. The molecule has 2 atom stereocenters. The summed E-state index contributed by atoms with van der Waals surface area (Å²) in [6.45, 7) is 6.06. The Bertz CT molecular complexity index is 447. The van der Waals surface area contributed by atoms with E-state index in [2.05, 4.69) is 0 Å². The molecule has 0 bridgehead atoms. The molecule has 0 aliphatic carbocycles. The number of carbonyl (C=O) groups is 1. The molecule has 104 valence electrons. The molecule has 1 saturated heterocycles. The van der Waals surface area contributed by atoms with Crippen LogP contribution in [0.25, 0.3) is 0 Å². The third kappa shape index (κ3) is 3.47. The van der Waals surface area contributed by atoms with Gasteiger partial charge in [0.2, 0.25) is 0 Å². The maximum absolute atomic E-state index is 11.2. The average molecular weight is 263 g/mol. The lowest BCUT2D eigenvalue weighted by molar-refractivity contribution is -0.143. The highest BCUT2D eigenvalue weighted by molar-refractivity contribution is 5.74. The molecule has 19 heavy (non-hydrogen) atoms. The Morgan fingerprint density at radius 2 is 2.32 bits per heavy atom. The third-order valence-electron chi connectivity index (χ3n) is 3.69. The number of rotatable bonds is 5. The lowest BCUT2D eigenvalue weighted by Gasteiger charge is -2.23. The van der Waals surface area contributed by atoms with Crippen molar-refractivity contribution in [1.82, 2.24) is 4.90 Å². The van der Waals surface area contributed by atoms with Gasteiger partial charge in [0.25, 0.3) is 0 Å². The van der Waals surface area contributed by atoms with E-state index in [1.807, 2.05) is 43.0 Å². The fourth-order valence-corrected chi connectivity index (χ4v) is 2.66. The second-order valence-electron chi connectivity index (χ2n) is 5.25. The smallest absolute Gasteiger partial charge is 0.321 e. The zero-order valence-electron chi connectivity index (χ0n) is 11.5. The standard InChI is InChI=1S/C15H21NO3/c1-11-4-3-5-13(10-11)19-9-8-16-7-6-12(2)14(16)15(17)18/h3-5,10,12,14H,6-9H2,1-2H3,(H,17,18). The molecule has 1 heterocycles. The predicted octanol–water partition coefficient (Wildman–Crippen LogP) is 2.17. The Morgan fingerprint density at radius 1 is 1.53 bits per heavy atom. The minimum Gasteiger partial charge on any atom is -0.492 e. The van der Waals surface area contributed by atoms with Gasteiger partial charge in [0, 0.05) is 6.54 Å². The van der Waals surface area contributed by atoms with Crippen LogP contribution in [0.2, 0.25) is 0 Å². The van der Waals surface area contributed by atoms with E-state index < -0.39 is 5.97 Å². The summed E-state index contributed by atoms with van der Waals surface area (Å²) in [4.78, 5) is 13.2. The normalized spacial score (nSPS) is 23.5. The number of hydrogen-bond acceptors (Lipinski definition) is 3. The van der Waals surface area contributed by atoms with Crippen molar-refractivity contribution in [2.45, 2.75) is 26.3 Å². The van der Waals surface area contributed by atoms with Gasteiger partial charge in [0.05, 0.1) is 0 Å². The molecule has 2 unspecified atom stereocenters. The van der Waals surface area contributed by atoms with Crippen molar-refractivity contribution < 1.29 is 14.6 Å². The molecular weight excluding hydrogens is 242 g/mol. The molecule has 0 saturated carbocycles. The Balaban J connectivity index is 1.84. The Kier molecular flexibility index (Phi) is 4.43. The van der Waals surface area contributed by atoms with Crippen LogP contribution in [0.3, 0.4) is 0 Å². The van der Waals surface area contributed by atoms with Gasteiger partial charge in [-0.3, -0.25) is 9.69 Å². The quantitative estimate of drug-likeness (QED) is 0.884. The first-order valence-corrected chi connectivity index (χ1v) is 6.74. The molecule has 1 aromatic carbocycles. The van der Waals surface area contributed by atoms with Crippen molar-refractivity contribution in [3.05, 3.63) is 29.8 Å². The highest BCUT2D eigenvalue weighted by atomic mass is 16.5. The predicted molar refractivity (Wildman–Crippen MR) is 73.5 cm³/mol. The van der Waals surface area contributed by atoms with Crippen LogP contribution in [0.1, 0.15) is 18.9 Å². The highest BCUT2D eigenvalue weighted by Gasteiger charge is 2.36. The van der Waals surface area contributed by atoms with E-state index in [0.717, 1.165) is 24.3 Å². The van der Waals surface area contributed by atoms with Gasteiger partial charge in [-0.25, -0.2) is 0 Å². The summed E-state index contributed by atoms with van der Waals surface area (Å²) >= 11 is 0. The molecule has 4 heteroatoms. The minimum atomic E-state index is -0.722. The Labute approximate surface area is 114 Å². The zero-order chi connectivity index (χ0) is 13.8. The van der Waals surface area contributed by atoms with Crippen molar-refractivity contribution >= 4 is 5.97 Å². The lowest BCUT2D eigenvalue weighted by atomic mass is 10.0. The number of nitrogens with zero attached hydrogens (tertiary/aromatic N) is 1. The number of carboxylic acid groups (broad SMARTS) is 1. The summed E-state index contributed by atoms with van der Waals surface area (Å²) in [6.07, 6.45) is 0.946. The van der Waals surface area contributed by atoms with Gasteiger partial charge in [-0.1, -0.05) is 19.1 Å². The molecule has 1 aromatic rings. The first-order chi connectivity index (χ1) is 9.08. The van der Waals surface area contributed by atoms with Crippen LogP contribution in [0.4, 0.5) is 0 Å². The number of aryl methyl sites for hydroxylation is 1. The highest BCUT2D eigenvalue weighted by Crippen LogP contribution is 2.23. The molecule has 1 fully saturated rings. The van der Waals surface area contributed by atoms with Crippen molar-refractivity contribution in [2.75, 3.05) is 19.7 Å². The summed E-state index contributed by atoms with van der Waals surface area (Å²) in [5.41, 5.74) is 1.16. The largest absolute Gasteiger partial charge is 0.492 e. The van der Waals surface area contributed by atoms with Gasteiger partial charge in [0.15, 0.2) is 0 Å². The summed E-state index contributed by atoms with van der Waals surface area (Å²) in [5, 5.41) is 9.22. The summed E-state index contributed by atoms with van der Waals surface area (Å²) < 4.78 is 5.68. The molecule has 0 radical (unpaired) electrons. The van der Waals surface area contributed by atoms with Crippen molar-refractivity contribution in [3.8, 4) is 5.75 Å². The minimum absolute atomic E-state index is 0.219. The first kappa shape index (κ1) is 13.9. The second-order valence-corrected chi connectivity index (χ2v) is 5.25. The van der Waals surface area contributed by atoms with Gasteiger partial charge in [-0.2, -0.15) is 0 Å². The van der Waals surface area contributed by atoms with Crippen LogP contribution in [0, 0.1) is 12.8 Å². The number of likely N-dealkylation sites (tertiary alicyclic amines) is 1. The van der Waals surface area contributed by atoms with Gasteiger partial charge < -0.3 is 9.84 Å². The van der Waals surface area contributed by atoms with E-state index in [-0.39, 0.29) is 12.0 Å². The Morgan fingerprint density at radius 3 is 3.00 bits per heavy atom.